The van der Waals surface area contributed by atoms with Gasteiger partial charge in [-0.2, -0.15) is 0 Å². The number of alkyl carbamates (subject to hydrolysis) is 1. The SMILES string of the molecule is Cc1cc(Oc2nn(CCNC(=O)OC(C)(C)C)c(CO)c2Br)cc(C)c1F. The van der Waals surface area contributed by atoms with E-state index in [2.05, 4.69) is 26.3 Å². The van der Waals surface area contributed by atoms with Crippen molar-refractivity contribution in [1.82, 2.24) is 15.1 Å². The number of halogens is 2. The Labute approximate surface area is 172 Å². The van der Waals surface area contributed by atoms with Crippen molar-refractivity contribution < 1.29 is 23.8 Å². The van der Waals surface area contributed by atoms with Crippen LogP contribution in [0.4, 0.5) is 9.18 Å². The van der Waals surface area contributed by atoms with Gasteiger partial charge >= 0.3 is 6.09 Å². The maximum atomic E-state index is 13.8. The van der Waals surface area contributed by atoms with Crippen LogP contribution in [-0.2, 0) is 17.9 Å². The topological polar surface area (TPSA) is 85.6 Å². The zero-order valence-electron chi connectivity index (χ0n) is 16.6. The molecule has 2 aromatic rings. The Hall–Kier alpha value is -2.13. The lowest BCUT2D eigenvalue weighted by molar-refractivity contribution is 0.0525. The molecule has 1 heterocycles. The van der Waals surface area contributed by atoms with Gasteiger partial charge in [0.05, 0.1) is 18.8 Å². The number of nitrogens with one attached hydrogen (secondary N) is 1. The lowest BCUT2D eigenvalue weighted by Gasteiger charge is -2.19. The third-order valence-electron chi connectivity index (χ3n) is 3.73. The highest BCUT2D eigenvalue weighted by Gasteiger charge is 2.19. The summed E-state index contributed by atoms with van der Waals surface area (Å²) < 4.78 is 26.8. The number of rotatable bonds is 6. The number of aliphatic hydroxyl groups is 1. The van der Waals surface area contributed by atoms with E-state index in [1.54, 1.807) is 46.8 Å². The van der Waals surface area contributed by atoms with E-state index in [1.807, 2.05) is 0 Å². The highest BCUT2D eigenvalue weighted by molar-refractivity contribution is 9.10. The number of ether oxygens (including phenoxy) is 2. The summed E-state index contributed by atoms with van der Waals surface area (Å²) >= 11 is 3.38. The summed E-state index contributed by atoms with van der Waals surface area (Å²) in [5, 5.41) is 16.6. The fourth-order valence-electron chi connectivity index (χ4n) is 2.51. The van der Waals surface area contributed by atoms with E-state index in [0.29, 0.717) is 33.6 Å². The van der Waals surface area contributed by atoms with Crippen LogP contribution in [0.5, 0.6) is 11.6 Å². The van der Waals surface area contributed by atoms with Crippen molar-refractivity contribution in [3.8, 4) is 11.6 Å². The maximum Gasteiger partial charge on any atom is 0.407 e. The van der Waals surface area contributed by atoms with Crippen molar-refractivity contribution in [3.05, 3.63) is 39.2 Å². The monoisotopic (exact) mass is 457 g/mol. The second-order valence-electron chi connectivity index (χ2n) is 7.35. The minimum atomic E-state index is -0.582. The van der Waals surface area contributed by atoms with Crippen molar-refractivity contribution in [2.75, 3.05) is 6.54 Å². The fraction of sp³-hybridized carbons (Fsp3) is 0.474. The van der Waals surface area contributed by atoms with Crippen LogP contribution in [0, 0.1) is 19.7 Å². The van der Waals surface area contributed by atoms with Gasteiger partial charge in [0.1, 0.15) is 21.6 Å². The number of benzene rings is 1. The van der Waals surface area contributed by atoms with Crippen LogP contribution in [0.15, 0.2) is 16.6 Å². The van der Waals surface area contributed by atoms with Gasteiger partial charge in [0.2, 0.25) is 0 Å². The Morgan fingerprint density at radius 1 is 1.32 bits per heavy atom. The molecule has 0 radical (unpaired) electrons. The van der Waals surface area contributed by atoms with Gasteiger partial charge in [-0.25, -0.2) is 9.18 Å². The number of aliphatic hydroxyl groups excluding tert-OH is 1. The van der Waals surface area contributed by atoms with Crippen molar-refractivity contribution in [1.29, 1.82) is 0 Å². The first-order valence-electron chi connectivity index (χ1n) is 8.79. The molecule has 0 saturated carbocycles. The molecule has 7 nitrogen and oxygen atoms in total. The summed E-state index contributed by atoms with van der Waals surface area (Å²) in [4.78, 5) is 11.7. The van der Waals surface area contributed by atoms with Gasteiger partial charge in [-0.1, -0.05) is 0 Å². The van der Waals surface area contributed by atoms with Crippen molar-refractivity contribution in [3.63, 3.8) is 0 Å². The number of aryl methyl sites for hydroxylation is 2. The standard InChI is InChI=1S/C19H25BrFN3O4/c1-11-8-13(9-12(2)16(11)21)27-17-15(20)14(10-25)24(23-17)7-6-22-18(26)28-19(3,4)5/h8-9,25H,6-7,10H2,1-5H3,(H,22,26). The lowest BCUT2D eigenvalue weighted by Crippen LogP contribution is -2.34. The number of carbonyl (C=O) groups excluding carboxylic acids is 1. The first kappa shape index (κ1) is 22.2. The van der Waals surface area contributed by atoms with E-state index in [1.165, 1.54) is 4.68 Å². The number of hydrogen-bond acceptors (Lipinski definition) is 5. The molecule has 0 atom stereocenters. The molecule has 2 N–H and O–H groups in total. The maximum absolute atomic E-state index is 13.8. The van der Waals surface area contributed by atoms with Gasteiger partial charge in [0, 0.05) is 6.54 Å². The molecule has 0 aliphatic heterocycles. The third kappa shape index (κ3) is 5.68. The van der Waals surface area contributed by atoms with E-state index in [0.717, 1.165) is 0 Å². The Morgan fingerprint density at radius 2 is 1.93 bits per heavy atom. The predicted octanol–water partition coefficient (Wildman–Crippen LogP) is 4.21. The normalized spacial score (nSPS) is 11.4. The highest BCUT2D eigenvalue weighted by Crippen LogP contribution is 2.33. The summed E-state index contributed by atoms with van der Waals surface area (Å²) in [5.74, 6) is 0.408. The summed E-state index contributed by atoms with van der Waals surface area (Å²) in [5.41, 5.74) is 0.849. The number of hydrogen-bond donors (Lipinski definition) is 2. The predicted molar refractivity (Wildman–Crippen MR) is 106 cm³/mol. The Morgan fingerprint density at radius 3 is 2.46 bits per heavy atom. The van der Waals surface area contributed by atoms with Gasteiger partial charge < -0.3 is 19.9 Å². The number of nitrogens with zero attached hydrogens (tertiary/aromatic N) is 2. The molecule has 9 heteroatoms. The number of aromatic nitrogens is 2. The molecule has 0 aliphatic carbocycles. The van der Waals surface area contributed by atoms with Gasteiger partial charge in [-0.05, 0) is 73.8 Å². The van der Waals surface area contributed by atoms with Crippen LogP contribution in [0.1, 0.15) is 37.6 Å². The molecule has 0 bridgehead atoms. The molecule has 0 aliphatic rings. The molecule has 1 amide bonds. The molecule has 2 rings (SSSR count). The summed E-state index contributed by atoms with van der Waals surface area (Å²) in [7, 11) is 0. The minimum Gasteiger partial charge on any atom is -0.444 e. The summed E-state index contributed by atoms with van der Waals surface area (Å²) in [6.07, 6.45) is -0.530. The van der Waals surface area contributed by atoms with Crippen LogP contribution in [0.2, 0.25) is 0 Å². The molecule has 1 aromatic heterocycles. The van der Waals surface area contributed by atoms with E-state index in [9.17, 15) is 14.3 Å². The number of carbonyl (C=O) groups is 1. The van der Waals surface area contributed by atoms with E-state index in [4.69, 9.17) is 9.47 Å². The van der Waals surface area contributed by atoms with Crippen LogP contribution in [0.25, 0.3) is 0 Å². The van der Waals surface area contributed by atoms with E-state index >= 15 is 0 Å². The highest BCUT2D eigenvalue weighted by atomic mass is 79.9. The second kappa shape index (κ2) is 8.91. The molecule has 0 saturated heterocycles. The number of amides is 1. The van der Waals surface area contributed by atoms with Crippen molar-refractivity contribution in [2.24, 2.45) is 0 Å². The molecule has 0 fully saturated rings. The van der Waals surface area contributed by atoms with E-state index in [-0.39, 0.29) is 24.8 Å². The first-order chi connectivity index (χ1) is 13.0. The average Bonchev–Trinajstić information content (AvgIpc) is 2.86. The summed E-state index contributed by atoms with van der Waals surface area (Å²) in [6.45, 7) is 8.94. The van der Waals surface area contributed by atoms with Gasteiger partial charge in [0.25, 0.3) is 5.88 Å². The fourth-order valence-corrected chi connectivity index (χ4v) is 3.00. The van der Waals surface area contributed by atoms with Gasteiger partial charge in [0.15, 0.2) is 0 Å². The average molecular weight is 458 g/mol. The first-order valence-corrected chi connectivity index (χ1v) is 9.58. The Balaban J connectivity index is 2.10. The van der Waals surface area contributed by atoms with Crippen molar-refractivity contribution >= 4 is 22.0 Å². The molecule has 28 heavy (non-hydrogen) atoms. The molecule has 0 unspecified atom stereocenters. The zero-order valence-corrected chi connectivity index (χ0v) is 18.2. The van der Waals surface area contributed by atoms with Gasteiger partial charge in [-0.15, -0.1) is 5.10 Å². The third-order valence-corrected chi connectivity index (χ3v) is 4.53. The van der Waals surface area contributed by atoms with Gasteiger partial charge in [-0.3, -0.25) is 4.68 Å². The molecular formula is C19H25BrFN3O4. The zero-order chi connectivity index (χ0) is 21.1. The smallest absolute Gasteiger partial charge is 0.407 e. The molecule has 154 valence electrons. The largest absolute Gasteiger partial charge is 0.444 e. The molecule has 1 aromatic carbocycles. The molecular weight excluding hydrogens is 433 g/mol. The van der Waals surface area contributed by atoms with Crippen LogP contribution in [0.3, 0.4) is 0 Å². The molecule has 0 spiro atoms. The minimum absolute atomic E-state index is 0.242. The van der Waals surface area contributed by atoms with E-state index < -0.39 is 11.7 Å². The van der Waals surface area contributed by atoms with Crippen LogP contribution < -0.4 is 10.1 Å². The Bertz CT molecular complexity index is 839. The van der Waals surface area contributed by atoms with Crippen LogP contribution >= 0.6 is 15.9 Å². The lowest BCUT2D eigenvalue weighted by atomic mass is 10.1. The summed E-state index contributed by atoms with van der Waals surface area (Å²) in [6, 6.07) is 3.16. The Kier molecular flexibility index (Phi) is 7.06. The second-order valence-corrected chi connectivity index (χ2v) is 8.14. The quantitative estimate of drug-likeness (QED) is 0.678. The van der Waals surface area contributed by atoms with Crippen LogP contribution in [-0.4, -0.2) is 33.1 Å². The van der Waals surface area contributed by atoms with Crippen molar-refractivity contribution in [2.45, 2.75) is 53.4 Å².